The summed E-state index contributed by atoms with van der Waals surface area (Å²) in [7, 11) is 1.65. The minimum atomic E-state index is -0.142. The summed E-state index contributed by atoms with van der Waals surface area (Å²) in [4.78, 5) is 16.0. The Balaban J connectivity index is 1.79. The third kappa shape index (κ3) is 5.64. The van der Waals surface area contributed by atoms with Gasteiger partial charge in [-0.1, -0.05) is 48.0 Å². The zero-order chi connectivity index (χ0) is 16.5. The molecular formula is C17H19ClN4O. The highest BCUT2D eigenvalue weighted by Gasteiger charge is 2.05. The van der Waals surface area contributed by atoms with Crippen LogP contribution >= 0.6 is 11.6 Å². The third-order valence-corrected chi connectivity index (χ3v) is 3.47. The first-order valence-electron chi connectivity index (χ1n) is 7.22. The van der Waals surface area contributed by atoms with Crippen molar-refractivity contribution < 1.29 is 4.79 Å². The largest absolute Gasteiger partial charge is 0.352 e. The first-order chi connectivity index (χ1) is 11.2. The highest BCUT2D eigenvalue weighted by atomic mass is 35.5. The van der Waals surface area contributed by atoms with Gasteiger partial charge in [0, 0.05) is 24.3 Å². The van der Waals surface area contributed by atoms with E-state index in [1.807, 2.05) is 54.6 Å². The number of carbonyl (C=O) groups excluding carboxylic acids is 1. The number of para-hydroxylation sites is 1. The fourth-order valence-electron chi connectivity index (χ4n) is 1.93. The Morgan fingerprint density at radius 3 is 2.43 bits per heavy atom. The summed E-state index contributed by atoms with van der Waals surface area (Å²) in [5.41, 5.74) is 1.73. The van der Waals surface area contributed by atoms with E-state index < -0.39 is 0 Å². The van der Waals surface area contributed by atoms with Crippen molar-refractivity contribution in [3.8, 4) is 0 Å². The van der Waals surface area contributed by atoms with Gasteiger partial charge in [-0.05, 0) is 23.8 Å². The molecule has 0 unspecified atom stereocenters. The summed E-state index contributed by atoms with van der Waals surface area (Å²) in [6.45, 7) is 0.650. The molecule has 0 fully saturated rings. The van der Waals surface area contributed by atoms with Crippen molar-refractivity contribution in [3.05, 3.63) is 65.2 Å². The normalized spacial score (nSPS) is 11.0. The van der Waals surface area contributed by atoms with Crippen molar-refractivity contribution in [3.63, 3.8) is 0 Å². The molecule has 0 aliphatic heterocycles. The zero-order valence-electron chi connectivity index (χ0n) is 12.8. The van der Waals surface area contributed by atoms with Crippen LogP contribution in [0.5, 0.6) is 0 Å². The molecule has 6 heteroatoms. The number of amides is 1. The van der Waals surface area contributed by atoms with E-state index in [1.54, 1.807) is 7.05 Å². The van der Waals surface area contributed by atoms with Crippen LogP contribution < -0.4 is 16.0 Å². The lowest BCUT2D eigenvalue weighted by Gasteiger charge is -2.12. The molecule has 0 saturated carbocycles. The maximum absolute atomic E-state index is 11.9. The average molecular weight is 331 g/mol. The van der Waals surface area contributed by atoms with Crippen molar-refractivity contribution >= 4 is 29.2 Å². The van der Waals surface area contributed by atoms with E-state index in [1.165, 1.54) is 0 Å². The fourth-order valence-corrected chi connectivity index (χ4v) is 2.13. The summed E-state index contributed by atoms with van der Waals surface area (Å²) in [6, 6.07) is 16.9. The van der Waals surface area contributed by atoms with Crippen molar-refractivity contribution in [2.75, 3.05) is 18.9 Å². The Labute approximate surface area is 140 Å². The highest BCUT2D eigenvalue weighted by molar-refractivity contribution is 6.31. The summed E-state index contributed by atoms with van der Waals surface area (Å²) in [6.07, 6.45) is 0. The van der Waals surface area contributed by atoms with Gasteiger partial charge in [0.15, 0.2) is 5.96 Å². The van der Waals surface area contributed by atoms with E-state index in [0.29, 0.717) is 17.5 Å². The smallest absolute Gasteiger partial charge is 0.243 e. The zero-order valence-corrected chi connectivity index (χ0v) is 13.6. The Kier molecular flexibility index (Phi) is 6.44. The van der Waals surface area contributed by atoms with Gasteiger partial charge >= 0.3 is 0 Å². The van der Waals surface area contributed by atoms with Gasteiger partial charge in [-0.3, -0.25) is 9.79 Å². The molecule has 0 saturated heterocycles. The van der Waals surface area contributed by atoms with Gasteiger partial charge in [0.05, 0.1) is 6.54 Å². The average Bonchev–Trinajstić information content (AvgIpc) is 2.57. The summed E-state index contributed by atoms with van der Waals surface area (Å²) in [5.74, 6) is 0.394. The molecule has 0 aromatic heterocycles. The number of benzene rings is 2. The number of nitrogens with zero attached hydrogens (tertiary/aromatic N) is 1. The van der Waals surface area contributed by atoms with Crippen LogP contribution in [0.4, 0.5) is 5.69 Å². The number of rotatable bonds is 5. The molecule has 0 bridgehead atoms. The second-order valence-electron chi connectivity index (χ2n) is 4.78. The first kappa shape index (κ1) is 16.8. The highest BCUT2D eigenvalue weighted by Crippen LogP contribution is 2.14. The second kappa shape index (κ2) is 8.80. The minimum Gasteiger partial charge on any atom is -0.352 e. The Hall–Kier alpha value is -2.53. The van der Waals surface area contributed by atoms with Gasteiger partial charge in [0.1, 0.15) is 0 Å². The topological polar surface area (TPSA) is 65.5 Å². The minimum absolute atomic E-state index is 0.122. The molecule has 2 rings (SSSR count). The van der Waals surface area contributed by atoms with E-state index in [-0.39, 0.29) is 12.5 Å². The molecule has 2 aromatic carbocycles. The predicted octanol–water partition coefficient (Wildman–Crippen LogP) is 2.64. The molecule has 3 N–H and O–H groups in total. The molecule has 1 amide bonds. The van der Waals surface area contributed by atoms with Crippen LogP contribution in [-0.2, 0) is 11.3 Å². The molecule has 0 radical (unpaired) electrons. The molecule has 0 heterocycles. The van der Waals surface area contributed by atoms with Gasteiger partial charge in [0.2, 0.25) is 5.91 Å². The first-order valence-corrected chi connectivity index (χ1v) is 7.59. The van der Waals surface area contributed by atoms with Gasteiger partial charge in [-0.15, -0.1) is 0 Å². The van der Waals surface area contributed by atoms with Crippen LogP contribution in [0, 0.1) is 0 Å². The van der Waals surface area contributed by atoms with Crippen LogP contribution in [0.25, 0.3) is 0 Å². The van der Waals surface area contributed by atoms with Crippen molar-refractivity contribution in [1.82, 2.24) is 10.6 Å². The predicted molar refractivity (Wildman–Crippen MR) is 94.7 cm³/mol. The Bertz CT molecular complexity index is 673. The van der Waals surface area contributed by atoms with Gasteiger partial charge < -0.3 is 16.0 Å². The maximum Gasteiger partial charge on any atom is 0.243 e. The molecule has 5 nitrogen and oxygen atoms in total. The third-order valence-electron chi connectivity index (χ3n) is 3.10. The summed E-state index contributed by atoms with van der Waals surface area (Å²) >= 11 is 6.10. The number of carbonyl (C=O) groups is 1. The Morgan fingerprint density at radius 2 is 1.74 bits per heavy atom. The SMILES string of the molecule is CN=C(NCC(=O)Nc1ccccc1)NCc1ccccc1Cl. The molecule has 0 aliphatic rings. The summed E-state index contributed by atoms with van der Waals surface area (Å²) in [5, 5.41) is 9.57. The number of halogens is 1. The van der Waals surface area contributed by atoms with Crippen LogP contribution in [-0.4, -0.2) is 25.5 Å². The van der Waals surface area contributed by atoms with Gasteiger partial charge in [-0.25, -0.2) is 0 Å². The van der Waals surface area contributed by atoms with Crippen molar-refractivity contribution in [2.24, 2.45) is 4.99 Å². The van der Waals surface area contributed by atoms with Crippen molar-refractivity contribution in [2.45, 2.75) is 6.54 Å². The number of anilines is 1. The fraction of sp³-hybridized carbons (Fsp3) is 0.176. The van der Waals surface area contributed by atoms with Gasteiger partial charge in [-0.2, -0.15) is 0 Å². The lowest BCUT2D eigenvalue weighted by molar-refractivity contribution is -0.115. The molecule has 0 atom stereocenters. The molecule has 2 aromatic rings. The second-order valence-corrected chi connectivity index (χ2v) is 5.19. The summed E-state index contributed by atoms with van der Waals surface area (Å²) < 4.78 is 0. The van der Waals surface area contributed by atoms with E-state index in [0.717, 1.165) is 11.3 Å². The monoisotopic (exact) mass is 330 g/mol. The van der Waals surface area contributed by atoms with Crippen LogP contribution in [0.3, 0.4) is 0 Å². The maximum atomic E-state index is 11.9. The van der Waals surface area contributed by atoms with Crippen LogP contribution in [0.2, 0.25) is 5.02 Å². The molecule has 0 aliphatic carbocycles. The van der Waals surface area contributed by atoms with Crippen molar-refractivity contribution in [1.29, 1.82) is 0 Å². The number of guanidine groups is 1. The molecule has 23 heavy (non-hydrogen) atoms. The number of nitrogens with one attached hydrogen (secondary N) is 3. The van der Waals surface area contributed by atoms with Gasteiger partial charge in [0.25, 0.3) is 0 Å². The number of aliphatic imine (C=N–C) groups is 1. The van der Waals surface area contributed by atoms with E-state index in [2.05, 4.69) is 20.9 Å². The lowest BCUT2D eigenvalue weighted by Crippen LogP contribution is -2.41. The molecule has 0 spiro atoms. The number of hydrogen-bond donors (Lipinski definition) is 3. The number of hydrogen-bond acceptors (Lipinski definition) is 2. The standard InChI is InChI=1S/C17H19ClN4O/c1-19-17(20-11-13-7-5-6-10-15(13)18)21-12-16(23)22-14-8-3-2-4-9-14/h2-10H,11-12H2,1H3,(H,22,23)(H2,19,20,21). The quantitative estimate of drug-likeness (QED) is 0.583. The molecule has 120 valence electrons. The van der Waals surface area contributed by atoms with E-state index in [4.69, 9.17) is 11.6 Å². The van der Waals surface area contributed by atoms with E-state index >= 15 is 0 Å². The molecular weight excluding hydrogens is 312 g/mol. The lowest BCUT2D eigenvalue weighted by atomic mass is 10.2. The Morgan fingerprint density at radius 1 is 1.04 bits per heavy atom. The van der Waals surface area contributed by atoms with E-state index in [9.17, 15) is 4.79 Å². The van der Waals surface area contributed by atoms with Crippen LogP contribution in [0.1, 0.15) is 5.56 Å². The van der Waals surface area contributed by atoms with Crippen LogP contribution in [0.15, 0.2) is 59.6 Å².